The van der Waals surface area contributed by atoms with E-state index >= 15 is 0 Å². The number of aromatic nitrogens is 2. The first-order chi connectivity index (χ1) is 15.2. The Morgan fingerprint density at radius 1 is 0.969 bits per heavy atom. The number of carbonyl (C=O) groups excluding carboxylic acids is 1. The van der Waals surface area contributed by atoms with Gasteiger partial charge in [0.2, 0.25) is 0 Å². The maximum atomic E-state index is 13.2. The van der Waals surface area contributed by atoms with Gasteiger partial charge in [-0.3, -0.25) is 9.89 Å². The summed E-state index contributed by atoms with van der Waals surface area (Å²) in [7, 11) is -3.43. The molecule has 0 unspecified atom stereocenters. The van der Waals surface area contributed by atoms with E-state index in [0.29, 0.717) is 27.4 Å². The van der Waals surface area contributed by atoms with Crippen LogP contribution >= 0.6 is 11.6 Å². The number of hydrogen-bond acceptors (Lipinski definition) is 4. The molecule has 3 aromatic carbocycles. The fourth-order valence-corrected chi connectivity index (χ4v) is 4.20. The zero-order valence-electron chi connectivity index (χ0n) is 17.4. The Hall–Kier alpha value is -3.42. The molecule has 4 rings (SSSR count). The first-order valence-corrected chi connectivity index (χ1v) is 12.0. The number of anilines is 1. The molecule has 6 nitrogen and oxygen atoms in total. The van der Waals surface area contributed by atoms with E-state index in [1.807, 2.05) is 31.2 Å². The summed E-state index contributed by atoms with van der Waals surface area (Å²) in [4.78, 5) is 13.4. The van der Waals surface area contributed by atoms with Gasteiger partial charge in [-0.1, -0.05) is 41.4 Å². The molecule has 0 bridgehead atoms. The Morgan fingerprint density at radius 3 is 2.38 bits per heavy atom. The van der Waals surface area contributed by atoms with Gasteiger partial charge < -0.3 is 5.32 Å². The molecule has 1 heterocycles. The molecule has 2 N–H and O–H groups in total. The molecule has 0 atom stereocenters. The SMILES string of the molecule is Cc1ccc(-c2cc(S(C)(=O)=O)ccc2C(=O)Nc2ccc(Cl)c(-c3ccn[nH]3)c2)cc1. The molecule has 0 fully saturated rings. The number of sulfone groups is 1. The minimum absolute atomic E-state index is 0.151. The summed E-state index contributed by atoms with van der Waals surface area (Å²) in [5.74, 6) is -0.362. The van der Waals surface area contributed by atoms with Crippen LogP contribution in [0.15, 0.2) is 77.8 Å². The lowest BCUT2D eigenvalue weighted by atomic mass is 9.98. The van der Waals surface area contributed by atoms with Crippen molar-refractivity contribution in [2.24, 2.45) is 0 Å². The fraction of sp³-hybridized carbons (Fsp3) is 0.0833. The van der Waals surface area contributed by atoms with Crippen molar-refractivity contribution in [3.05, 3.63) is 89.1 Å². The van der Waals surface area contributed by atoms with E-state index in [4.69, 9.17) is 11.6 Å². The molecule has 8 heteroatoms. The summed E-state index contributed by atoms with van der Waals surface area (Å²) in [6.45, 7) is 1.96. The van der Waals surface area contributed by atoms with E-state index in [-0.39, 0.29) is 10.8 Å². The number of nitrogens with zero attached hydrogens (tertiary/aromatic N) is 1. The Balaban J connectivity index is 1.74. The van der Waals surface area contributed by atoms with Crippen LogP contribution in [0.4, 0.5) is 5.69 Å². The average Bonchev–Trinajstić information content (AvgIpc) is 3.29. The second kappa shape index (κ2) is 8.61. The van der Waals surface area contributed by atoms with Crippen LogP contribution in [0.25, 0.3) is 22.4 Å². The van der Waals surface area contributed by atoms with E-state index < -0.39 is 9.84 Å². The molecule has 0 aliphatic rings. The number of nitrogens with one attached hydrogen (secondary N) is 2. The van der Waals surface area contributed by atoms with E-state index in [2.05, 4.69) is 15.5 Å². The quantitative estimate of drug-likeness (QED) is 0.415. The van der Waals surface area contributed by atoms with Gasteiger partial charge in [0.25, 0.3) is 5.91 Å². The molecule has 0 saturated heterocycles. The molecule has 0 spiro atoms. The number of H-pyrrole nitrogens is 1. The Morgan fingerprint density at radius 2 is 1.72 bits per heavy atom. The van der Waals surface area contributed by atoms with Crippen LogP contribution in [-0.4, -0.2) is 30.8 Å². The highest BCUT2D eigenvalue weighted by Gasteiger charge is 2.18. The lowest BCUT2D eigenvalue weighted by molar-refractivity contribution is 0.102. The number of amides is 1. The monoisotopic (exact) mass is 465 g/mol. The molecule has 1 amide bonds. The van der Waals surface area contributed by atoms with E-state index in [1.54, 1.807) is 30.5 Å². The summed E-state index contributed by atoms with van der Waals surface area (Å²) >= 11 is 6.30. The minimum Gasteiger partial charge on any atom is -0.322 e. The largest absolute Gasteiger partial charge is 0.322 e. The number of aromatic amines is 1. The highest BCUT2D eigenvalue weighted by Crippen LogP contribution is 2.31. The van der Waals surface area contributed by atoms with Crippen molar-refractivity contribution in [3.63, 3.8) is 0 Å². The van der Waals surface area contributed by atoms with Crippen molar-refractivity contribution in [3.8, 4) is 22.4 Å². The van der Waals surface area contributed by atoms with Crippen LogP contribution in [0.5, 0.6) is 0 Å². The molecule has 0 saturated carbocycles. The Kier molecular flexibility index (Phi) is 5.86. The number of aryl methyl sites for hydroxylation is 1. The normalized spacial score (nSPS) is 11.3. The average molecular weight is 466 g/mol. The first kappa shape index (κ1) is 21.8. The minimum atomic E-state index is -3.43. The van der Waals surface area contributed by atoms with E-state index in [1.165, 1.54) is 18.2 Å². The first-order valence-electron chi connectivity index (χ1n) is 9.74. The molecule has 32 heavy (non-hydrogen) atoms. The van der Waals surface area contributed by atoms with Gasteiger partial charge in [0.05, 0.1) is 15.6 Å². The van der Waals surface area contributed by atoms with Crippen molar-refractivity contribution >= 4 is 33.0 Å². The van der Waals surface area contributed by atoms with Crippen molar-refractivity contribution in [2.75, 3.05) is 11.6 Å². The molecule has 0 aliphatic carbocycles. The van der Waals surface area contributed by atoms with Crippen LogP contribution in [-0.2, 0) is 9.84 Å². The van der Waals surface area contributed by atoms with Crippen molar-refractivity contribution in [1.29, 1.82) is 0 Å². The summed E-state index contributed by atoms with van der Waals surface area (Å²) in [6, 6.07) is 19.0. The Labute approximate surface area is 191 Å². The van der Waals surface area contributed by atoms with Gasteiger partial charge in [0, 0.05) is 29.3 Å². The van der Waals surface area contributed by atoms with Gasteiger partial charge in [0.1, 0.15) is 0 Å². The van der Waals surface area contributed by atoms with Crippen LogP contribution < -0.4 is 5.32 Å². The van der Waals surface area contributed by atoms with Crippen molar-refractivity contribution in [1.82, 2.24) is 10.2 Å². The highest BCUT2D eigenvalue weighted by molar-refractivity contribution is 7.90. The van der Waals surface area contributed by atoms with Crippen LogP contribution in [0.1, 0.15) is 15.9 Å². The fourth-order valence-electron chi connectivity index (χ4n) is 3.34. The molecule has 0 aliphatic heterocycles. The van der Waals surface area contributed by atoms with Crippen molar-refractivity contribution < 1.29 is 13.2 Å². The molecule has 1 aromatic heterocycles. The number of benzene rings is 3. The van der Waals surface area contributed by atoms with Gasteiger partial charge in [-0.15, -0.1) is 0 Å². The number of rotatable bonds is 5. The number of halogens is 1. The smallest absolute Gasteiger partial charge is 0.256 e. The third-order valence-electron chi connectivity index (χ3n) is 5.04. The van der Waals surface area contributed by atoms with Gasteiger partial charge in [-0.25, -0.2) is 8.42 Å². The number of hydrogen-bond donors (Lipinski definition) is 2. The zero-order chi connectivity index (χ0) is 22.9. The zero-order valence-corrected chi connectivity index (χ0v) is 19.0. The van der Waals surface area contributed by atoms with Crippen LogP contribution in [0.3, 0.4) is 0 Å². The molecule has 162 valence electrons. The molecule has 0 radical (unpaired) electrons. The van der Waals surface area contributed by atoms with Gasteiger partial charge in [-0.2, -0.15) is 5.10 Å². The molecular weight excluding hydrogens is 446 g/mol. The van der Waals surface area contributed by atoms with E-state index in [0.717, 1.165) is 23.1 Å². The number of carbonyl (C=O) groups is 1. The maximum absolute atomic E-state index is 13.2. The van der Waals surface area contributed by atoms with Gasteiger partial charge in [-0.05, 0) is 60.5 Å². The molecular formula is C24H20ClN3O3S. The van der Waals surface area contributed by atoms with E-state index in [9.17, 15) is 13.2 Å². The highest BCUT2D eigenvalue weighted by atomic mass is 35.5. The third kappa shape index (κ3) is 4.59. The van der Waals surface area contributed by atoms with Gasteiger partial charge >= 0.3 is 0 Å². The lowest BCUT2D eigenvalue weighted by Crippen LogP contribution is -2.14. The Bertz CT molecular complexity index is 1400. The predicted molar refractivity (Wildman–Crippen MR) is 127 cm³/mol. The van der Waals surface area contributed by atoms with Crippen LogP contribution in [0.2, 0.25) is 5.02 Å². The summed E-state index contributed by atoms with van der Waals surface area (Å²) in [5, 5.41) is 10.2. The van der Waals surface area contributed by atoms with Gasteiger partial charge in [0.15, 0.2) is 9.84 Å². The summed E-state index contributed by atoms with van der Waals surface area (Å²) < 4.78 is 24.2. The lowest BCUT2D eigenvalue weighted by Gasteiger charge is -2.13. The molecule has 4 aromatic rings. The maximum Gasteiger partial charge on any atom is 0.256 e. The van der Waals surface area contributed by atoms with Crippen molar-refractivity contribution in [2.45, 2.75) is 11.8 Å². The standard InChI is InChI=1S/C24H20ClN3O3S/c1-15-3-5-16(6-4-15)20-14-18(32(2,30)31)8-9-19(20)24(29)27-17-7-10-22(25)21(13-17)23-11-12-26-28-23/h3-14H,1-2H3,(H,26,28)(H,27,29). The van der Waals surface area contributed by atoms with Crippen LogP contribution in [0, 0.1) is 6.92 Å². The second-order valence-electron chi connectivity index (χ2n) is 7.46. The topological polar surface area (TPSA) is 91.9 Å². The second-order valence-corrected chi connectivity index (χ2v) is 9.89. The predicted octanol–water partition coefficient (Wildman–Crippen LogP) is 5.36. The third-order valence-corrected chi connectivity index (χ3v) is 6.48. The summed E-state index contributed by atoms with van der Waals surface area (Å²) in [5.41, 5.74) is 4.68. The summed E-state index contributed by atoms with van der Waals surface area (Å²) in [6.07, 6.45) is 2.76.